The number of methoxy groups -OCH3 is 1. The number of benzene rings is 1. The van der Waals surface area contributed by atoms with Crippen LogP contribution in [0, 0.1) is 11.7 Å². The highest BCUT2D eigenvalue weighted by Gasteiger charge is 2.15. The zero-order valence-electron chi connectivity index (χ0n) is 11.4. The Balaban J connectivity index is 2.78. The maximum atomic E-state index is 13.6. The van der Waals surface area contributed by atoms with Gasteiger partial charge in [-0.05, 0) is 30.0 Å². The summed E-state index contributed by atoms with van der Waals surface area (Å²) in [6.45, 7) is 4.35. The summed E-state index contributed by atoms with van der Waals surface area (Å²) in [5, 5.41) is 0. The number of ether oxygens (including phenoxy) is 1. The third-order valence-corrected chi connectivity index (χ3v) is 3.20. The topological polar surface area (TPSA) is 47.3 Å². The van der Waals surface area contributed by atoms with Gasteiger partial charge in [0.05, 0.1) is 7.11 Å². The van der Waals surface area contributed by atoms with Crippen molar-refractivity contribution < 1.29 is 9.13 Å². The maximum Gasteiger partial charge on any atom is 0.165 e. The molecule has 18 heavy (non-hydrogen) atoms. The quantitative estimate of drug-likeness (QED) is 0.580. The highest BCUT2D eigenvalue weighted by Crippen LogP contribution is 2.26. The number of rotatable bonds is 7. The first-order chi connectivity index (χ1) is 8.62. The fraction of sp³-hybridized carbons (Fsp3) is 0.571. The van der Waals surface area contributed by atoms with Gasteiger partial charge in [0.15, 0.2) is 11.6 Å². The molecule has 3 N–H and O–H groups in total. The van der Waals surface area contributed by atoms with Gasteiger partial charge in [0, 0.05) is 6.04 Å². The monoisotopic (exact) mass is 254 g/mol. The van der Waals surface area contributed by atoms with E-state index >= 15 is 0 Å². The van der Waals surface area contributed by atoms with Crippen LogP contribution in [0.15, 0.2) is 18.2 Å². The Bertz CT molecular complexity index is 371. The van der Waals surface area contributed by atoms with E-state index < -0.39 is 0 Å². The van der Waals surface area contributed by atoms with Gasteiger partial charge in [0.1, 0.15) is 0 Å². The molecule has 102 valence electrons. The first-order valence-corrected chi connectivity index (χ1v) is 6.41. The van der Waals surface area contributed by atoms with E-state index in [1.165, 1.54) is 13.2 Å². The van der Waals surface area contributed by atoms with Crippen LogP contribution >= 0.6 is 0 Å². The molecule has 0 saturated heterocycles. The molecule has 1 aromatic carbocycles. The number of hydrazine groups is 1. The highest BCUT2D eigenvalue weighted by molar-refractivity contribution is 5.31. The smallest absolute Gasteiger partial charge is 0.165 e. The van der Waals surface area contributed by atoms with E-state index in [1.54, 1.807) is 6.07 Å². The zero-order chi connectivity index (χ0) is 13.5. The number of nitrogens with two attached hydrogens (primary N) is 1. The highest BCUT2D eigenvalue weighted by atomic mass is 19.1. The molecule has 0 radical (unpaired) electrons. The summed E-state index contributed by atoms with van der Waals surface area (Å²) in [7, 11) is 1.46. The number of halogens is 1. The summed E-state index contributed by atoms with van der Waals surface area (Å²) in [5.41, 5.74) is 3.62. The van der Waals surface area contributed by atoms with Crippen molar-refractivity contribution in [1.82, 2.24) is 5.43 Å². The first-order valence-electron chi connectivity index (χ1n) is 6.41. The Labute approximate surface area is 108 Å². The van der Waals surface area contributed by atoms with Crippen LogP contribution in [0.1, 0.15) is 44.7 Å². The van der Waals surface area contributed by atoms with Crippen LogP contribution in [0.2, 0.25) is 0 Å². The Morgan fingerprint density at radius 1 is 1.44 bits per heavy atom. The molecule has 0 heterocycles. The molecule has 0 spiro atoms. The molecule has 0 bridgehead atoms. The minimum atomic E-state index is -0.349. The van der Waals surface area contributed by atoms with Crippen LogP contribution in [0.3, 0.4) is 0 Å². The molecule has 0 aliphatic rings. The van der Waals surface area contributed by atoms with E-state index in [-0.39, 0.29) is 17.6 Å². The number of hydrogen-bond donors (Lipinski definition) is 2. The van der Waals surface area contributed by atoms with Gasteiger partial charge in [0.25, 0.3) is 0 Å². The fourth-order valence-electron chi connectivity index (χ4n) is 2.21. The number of nitrogens with one attached hydrogen (secondary N) is 1. The summed E-state index contributed by atoms with van der Waals surface area (Å²) >= 11 is 0. The lowest BCUT2D eigenvalue weighted by atomic mass is 9.93. The zero-order valence-corrected chi connectivity index (χ0v) is 11.4. The standard InChI is InChI=1S/C14H23FN2O/c1-4-5-10(2)8-13(17-16)11-6-7-14(18-3)12(15)9-11/h6-7,9-10,13,17H,4-5,8,16H2,1-3H3. The van der Waals surface area contributed by atoms with Crippen molar-refractivity contribution in [2.24, 2.45) is 11.8 Å². The van der Waals surface area contributed by atoms with Crippen LogP contribution in [-0.2, 0) is 0 Å². The Morgan fingerprint density at radius 2 is 2.17 bits per heavy atom. The van der Waals surface area contributed by atoms with Crippen LogP contribution in [0.4, 0.5) is 4.39 Å². The van der Waals surface area contributed by atoms with Crippen molar-refractivity contribution in [3.8, 4) is 5.75 Å². The molecular weight excluding hydrogens is 231 g/mol. The van der Waals surface area contributed by atoms with E-state index in [9.17, 15) is 4.39 Å². The molecule has 2 atom stereocenters. The van der Waals surface area contributed by atoms with Gasteiger partial charge in [-0.3, -0.25) is 11.3 Å². The molecule has 2 unspecified atom stereocenters. The van der Waals surface area contributed by atoms with Crippen molar-refractivity contribution in [2.45, 2.75) is 39.2 Å². The van der Waals surface area contributed by atoms with Crippen LogP contribution < -0.4 is 16.0 Å². The van der Waals surface area contributed by atoms with Gasteiger partial charge in [-0.2, -0.15) is 0 Å². The van der Waals surface area contributed by atoms with Gasteiger partial charge < -0.3 is 4.74 Å². The van der Waals surface area contributed by atoms with Crippen molar-refractivity contribution in [2.75, 3.05) is 7.11 Å². The third kappa shape index (κ3) is 3.96. The largest absolute Gasteiger partial charge is 0.494 e. The molecule has 3 nitrogen and oxygen atoms in total. The van der Waals surface area contributed by atoms with Gasteiger partial charge in [-0.25, -0.2) is 4.39 Å². The maximum absolute atomic E-state index is 13.6. The van der Waals surface area contributed by atoms with E-state index in [1.807, 2.05) is 6.07 Å². The second-order valence-electron chi connectivity index (χ2n) is 4.74. The van der Waals surface area contributed by atoms with E-state index in [0.29, 0.717) is 5.92 Å². The molecule has 0 aliphatic carbocycles. The Kier molecular flexibility index (Phi) is 6.09. The van der Waals surface area contributed by atoms with Gasteiger partial charge in [0.2, 0.25) is 0 Å². The molecule has 0 saturated carbocycles. The van der Waals surface area contributed by atoms with Crippen LogP contribution in [0.5, 0.6) is 5.75 Å². The minimum absolute atomic E-state index is 0.0213. The van der Waals surface area contributed by atoms with E-state index in [4.69, 9.17) is 10.6 Å². The van der Waals surface area contributed by atoms with Gasteiger partial charge >= 0.3 is 0 Å². The average Bonchev–Trinajstić information content (AvgIpc) is 2.36. The summed E-state index contributed by atoms with van der Waals surface area (Å²) < 4.78 is 18.5. The van der Waals surface area contributed by atoms with Crippen LogP contribution in [-0.4, -0.2) is 7.11 Å². The summed E-state index contributed by atoms with van der Waals surface area (Å²) in [6, 6.07) is 4.96. The van der Waals surface area contributed by atoms with Crippen molar-refractivity contribution in [1.29, 1.82) is 0 Å². The van der Waals surface area contributed by atoms with Crippen molar-refractivity contribution in [3.05, 3.63) is 29.6 Å². The van der Waals surface area contributed by atoms with Gasteiger partial charge in [-0.15, -0.1) is 0 Å². The SMILES string of the molecule is CCCC(C)CC(NN)c1ccc(OC)c(F)c1. The molecule has 0 fully saturated rings. The summed E-state index contributed by atoms with van der Waals surface area (Å²) in [6.07, 6.45) is 3.20. The molecule has 4 heteroatoms. The number of hydrogen-bond acceptors (Lipinski definition) is 3. The fourth-order valence-corrected chi connectivity index (χ4v) is 2.21. The van der Waals surface area contributed by atoms with Gasteiger partial charge in [-0.1, -0.05) is 32.8 Å². The Hall–Kier alpha value is -1.13. The molecule has 1 aromatic rings. The van der Waals surface area contributed by atoms with E-state index in [0.717, 1.165) is 24.8 Å². The average molecular weight is 254 g/mol. The molecular formula is C14H23FN2O. The molecule has 1 rings (SSSR count). The van der Waals surface area contributed by atoms with E-state index in [2.05, 4.69) is 19.3 Å². The Morgan fingerprint density at radius 3 is 2.67 bits per heavy atom. The van der Waals surface area contributed by atoms with Crippen molar-refractivity contribution in [3.63, 3.8) is 0 Å². The first kappa shape index (κ1) is 14.9. The summed E-state index contributed by atoms with van der Waals surface area (Å²) in [4.78, 5) is 0. The lowest BCUT2D eigenvalue weighted by Gasteiger charge is -2.20. The minimum Gasteiger partial charge on any atom is -0.494 e. The summed E-state index contributed by atoms with van der Waals surface area (Å²) in [5.74, 6) is 6.03. The second kappa shape index (κ2) is 7.34. The molecule has 0 amide bonds. The molecule has 0 aliphatic heterocycles. The molecule has 0 aromatic heterocycles. The lowest BCUT2D eigenvalue weighted by Crippen LogP contribution is -2.29. The van der Waals surface area contributed by atoms with Crippen LogP contribution in [0.25, 0.3) is 0 Å². The second-order valence-corrected chi connectivity index (χ2v) is 4.74. The predicted octanol–water partition coefficient (Wildman–Crippen LogP) is 3.17. The lowest BCUT2D eigenvalue weighted by molar-refractivity contribution is 0.379. The predicted molar refractivity (Wildman–Crippen MR) is 71.7 cm³/mol. The normalized spacial score (nSPS) is 14.3. The third-order valence-electron chi connectivity index (χ3n) is 3.20. The van der Waals surface area contributed by atoms with Crippen molar-refractivity contribution >= 4 is 0 Å².